The third-order valence-electron chi connectivity index (χ3n) is 4.33. The molecule has 0 heterocycles. The van der Waals surface area contributed by atoms with Gasteiger partial charge in [0.25, 0.3) is 9.28 Å². The summed E-state index contributed by atoms with van der Waals surface area (Å²) in [5.41, 5.74) is 0.695. The lowest BCUT2D eigenvalue weighted by atomic mass is 10.2. The van der Waals surface area contributed by atoms with E-state index in [0.717, 1.165) is 12.8 Å². The Labute approximate surface area is 165 Å². The molecule has 0 fully saturated rings. The van der Waals surface area contributed by atoms with Crippen molar-refractivity contribution in [1.29, 1.82) is 0 Å². The molecule has 2 aliphatic rings. The fourth-order valence-electron chi connectivity index (χ4n) is 3.64. The molecule has 7 heteroatoms. The Balaban J connectivity index is 2.40. The molecule has 0 N–H and O–H groups in total. The molecular weight excluding hydrogens is 389 g/mol. The maximum Gasteiger partial charge on any atom is 0.333 e. The second kappa shape index (κ2) is 8.81. The second-order valence-electron chi connectivity index (χ2n) is 9.16. The molecular formula is C19H36O3Si4. The summed E-state index contributed by atoms with van der Waals surface area (Å²) >= 11 is 0. The zero-order chi connectivity index (χ0) is 19.4. The largest absolute Gasteiger partial charge is 0.439 e. The van der Waals surface area contributed by atoms with Crippen molar-refractivity contribution >= 4 is 34.5 Å². The molecule has 0 spiro atoms. The Morgan fingerprint density at radius 2 is 1.23 bits per heavy atom. The number of hydrogen-bond acceptors (Lipinski definition) is 3. The molecule has 2 aliphatic carbocycles. The van der Waals surface area contributed by atoms with Gasteiger partial charge in [-0.15, -0.1) is 0 Å². The predicted molar refractivity (Wildman–Crippen MR) is 122 cm³/mol. The molecule has 146 valence electrons. The first-order valence-electron chi connectivity index (χ1n) is 9.74. The molecule has 0 aromatic carbocycles. The summed E-state index contributed by atoms with van der Waals surface area (Å²) in [5, 5.41) is 0. The van der Waals surface area contributed by atoms with E-state index in [1.165, 1.54) is 0 Å². The smallest absolute Gasteiger partial charge is 0.333 e. The Hall–Kier alpha value is -0.292. The monoisotopic (exact) mass is 424 g/mol. The van der Waals surface area contributed by atoms with Crippen LogP contribution in [-0.2, 0) is 12.3 Å². The van der Waals surface area contributed by atoms with Gasteiger partial charge in [-0.2, -0.15) is 0 Å². The highest BCUT2D eigenvalue weighted by Gasteiger charge is 2.53. The highest BCUT2D eigenvalue weighted by atomic mass is 28.5. The number of allylic oxidation sites excluding steroid dienone is 8. The lowest BCUT2D eigenvalue weighted by molar-refractivity contribution is 0.318. The van der Waals surface area contributed by atoms with Crippen LogP contribution in [0.5, 0.6) is 0 Å². The average molecular weight is 425 g/mol. The molecule has 0 aliphatic heterocycles. The van der Waals surface area contributed by atoms with Crippen LogP contribution in [0.4, 0.5) is 0 Å². The van der Waals surface area contributed by atoms with Crippen molar-refractivity contribution in [2.24, 2.45) is 0 Å². The first-order valence-corrected chi connectivity index (χ1v) is 20.6. The molecule has 0 bridgehead atoms. The third-order valence-corrected chi connectivity index (χ3v) is 17.9. The first kappa shape index (κ1) is 22.0. The Morgan fingerprint density at radius 1 is 0.731 bits per heavy atom. The fourth-order valence-corrected chi connectivity index (χ4v) is 19.6. The molecule has 3 nitrogen and oxygen atoms in total. The van der Waals surface area contributed by atoms with Gasteiger partial charge in [0.15, 0.2) is 16.6 Å². The molecule has 3 atom stereocenters. The van der Waals surface area contributed by atoms with Crippen LogP contribution in [0.15, 0.2) is 48.6 Å². The van der Waals surface area contributed by atoms with Crippen LogP contribution in [0.25, 0.3) is 0 Å². The minimum atomic E-state index is -2.55. The molecule has 2 rings (SSSR count). The van der Waals surface area contributed by atoms with E-state index in [1.807, 2.05) is 0 Å². The molecule has 26 heavy (non-hydrogen) atoms. The molecule has 0 aromatic rings. The minimum absolute atomic E-state index is 0.348. The van der Waals surface area contributed by atoms with Crippen LogP contribution >= 0.6 is 0 Å². The highest BCUT2D eigenvalue weighted by Crippen LogP contribution is 2.45. The zero-order valence-electron chi connectivity index (χ0n) is 17.5. The van der Waals surface area contributed by atoms with Gasteiger partial charge in [0.1, 0.15) is 0 Å². The summed E-state index contributed by atoms with van der Waals surface area (Å²) in [6.07, 6.45) is 19.8. The van der Waals surface area contributed by atoms with Crippen molar-refractivity contribution in [3.63, 3.8) is 0 Å². The molecule has 3 unspecified atom stereocenters. The normalized spacial score (nSPS) is 26.7. The molecule has 0 aromatic heterocycles. The summed E-state index contributed by atoms with van der Waals surface area (Å²) < 4.78 is 20.5. The van der Waals surface area contributed by atoms with Crippen LogP contribution < -0.4 is 0 Å². The van der Waals surface area contributed by atoms with Gasteiger partial charge in [-0.05, 0) is 58.7 Å². The van der Waals surface area contributed by atoms with Crippen molar-refractivity contribution in [3.05, 3.63) is 48.6 Å². The van der Waals surface area contributed by atoms with Crippen molar-refractivity contribution in [3.8, 4) is 0 Å². The summed E-state index contributed by atoms with van der Waals surface area (Å²) in [5.74, 6) is 0. The van der Waals surface area contributed by atoms with Crippen molar-refractivity contribution in [1.82, 2.24) is 0 Å². The predicted octanol–water partition coefficient (Wildman–Crippen LogP) is 5.77. The second-order valence-corrected chi connectivity index (χ2v) is 24.4. The molecule has 0 saturated heterocycles. The van der Waals surface area contributed by atoms with Gasteiger partial charge < -0.3 is 12.3 Å². The summed E-state index contributed by atoms with van der Waals surface area (Å²) in [4.78, 5) is 0. The first-order chi connectivity index (χ1) is 12.0. The highest BCUT2D eigenvalue weighted by molar-refractivity contribution is 6.87. The van der Waals surface area contributed by atoms with Gasteiger partial charge in [-0.25, -0.2) is 0 Å². The van der Waals surface area contributed by atoms with E-state index in [9.17, 15) is 0 Å². The van der Waals surface area contributed by atoms with E-state index in [0.29, 0.717) is 11.1 Å². The van der Waals surface area contributed by atoms with E-state index >= 15 is 0 Å². The molecule has 0 amide bonds. The van der Waals surface area contributed by atoms with Crippen molar-refractivity contribution < 1.29 is 12.3 Å². The lowest BCUT2D eigenvalue weighted by Crippen LogP contribution is -2.59. The third kappa shape index (κ3) is 6.40. The van der Waals surface area contributed by atoms with Gasteiger partial charge in [0.2, 0.25) is 0 Å². The molecule has 0 saturated carbocycles. The van der Waals surface area contributed by atoms with Gasteiger partial charge >= 0.3 is 8.56 Å². The van der Waals surface area contributed by atoms with E-state index < -0.39 is 34.5 Å². The van der Waals surface area contributed by atoms with E-state index in [4.69, 9.17) is 12.3 Å². The number of hydrogen-bond donors (Lipinski definition) is 0. The van der Waals surface area contributed by atoms with Gasteiger partial charge in [-0.3, -0.25) is 0 Å². The quantitative estimate of drug-likeness (QED) is 0.463. The Kier molecular flexibility index (Phi) is 7.45. The summed E-state index contributed by atoms with van der Waals surface area (Å²) in [6.45, 7) is 15.8. The summed E-state index contributed by atoms with van der Waals surface area (Å²) in [7, 11) is -7.74. The molecule has 0 radical (unpaired) electrons. The van der Waals surface area contributed by atoms with Crippen LogP contribution in [0, 0.1) is 0 Å². The Bertz CT molecular complexity index is 555. The minimum Gasteiger partial charge on any atom is -0.439 e. The van der Waals surface area contributed by atoms with Crippen LogP contribution in [0.3, 0.4) is 0 Å². The summed E-state index contributed by atoms with van der Waals surface area (Å²) in [6, 6.07) is 0. The zero-order valence-corrected chi connectivity index (χ0v) is 21.6. The van der Waals surface area contributed by atoms with Gasteiger partial charge in [-0.1, -0.05) is 48.6 Å². The van der Waals surface area contributed by atoms with Crippen molar-refractivity contribution in [2.45, 2.75) is 69.8 Å². The van der Waals surface area contributed by atoms with E-state index in [2.05, 4.69) is 94.4 Å². The topological polar surface area (TPSA) is 27.7 Å². The van der Waals surface area contributed by atoms with Crippen LogP contribution in [0.1, 0.15) is 12.8 Å². The fraction of sp³-hybridized carbons (Fsp3) is 0.579. The maximum absolute atomic E-state index is 7.05. The average Bonchev–Trinajstić information content (AvgIpc) is 2.53. The lowest BCUT2D eigenvalue weighted by Gasteiger charge is -2.47. The SMILES string of the molecule is C[SiH](O[Si](C)(C)C)O[Si](O[Si](C)(C)C)(C1C=CC=CC1)C1C=CC=CC1. The van der Waals surface area contributed by atoms with Crippen LogP contribution in [0.2, 0.25) is 56.9 Å². The number of rotatable bonds is 8. The van der Waals surface area contributed by atoms with E-state index in [-0.39, 0.29) is 0 Å². The van der Waals surface area contributed by atoms with E-state index in [1.54, 1.807) is 0 Å². The van der Waals surface area contributed by atoms with Gasteiger partial charge in [0.05, 0.1) is 0 Å². The van der Waals surface area contributed by atoms with Crippen LogP contribution in [-0.4, -0.2) is 34.5 Å². The Morgan fingerprint density at radius 3 is 1.58 bits per heavy atom. The standard InChI is InChI=1S/C19H36O3Si4/c1-23(20-24(2,3)4)21-26(22-25(5,6)7,18-14-10-8-11-15-18)19-16-12-9-13-17-19/h8-14,16,18-19,23H,15,17H2,1-7H3. The van der Waals surface area contributed by atoms with Crippen molar-refractivity contribution in [2.75, 3.05) is 0 Å². The maximum atomic E-state index is 7.05. The van der Waals surface area contributed by atoms with Gasteiger partial charge in [0, 0.05) is 11.1 Å².